The number of carbonyl (C=O) groups is 2. The van der Waals surface area contributed by atoms with Crippen LogP contribution in [-0.2, 0) is 20.7 Å². The number of methoxy groups -OCH3 is 1. The first-order valence-corrected chi connectivity index (χ1v) is 8.02. The van der Waals surface area contributed by atoms with Crippen LogP contribution in [0.4, 0.5) is 0 Å². The molecule has 21 heavy (non-hydrogen) atoms. The molecule has 1 amide bonds. The molecule has 2 unspecified atom stereocenters. The van der Waals surface area contributed by atoms with Crippen LogP contribution in [0, 0.1) is 5.92 Å². The summed E-state index contributed by atoms with van der Waals surface area (Å²) in [5.74, 6) is -0.160. The minimum absolute atomic E-state index is 0.0905. The molecular weight excluding hydrogens is 286 g/mol. The highest BCUT2D eigenvalue weighted by atomic mass is 32.2. The smallest absolute Gasteiger partial charge is 0.328 e. The number of hydrogen-bond donors (Lipinski definition) is 1. The molecule has 0 aliphatic carbocycles. The molecule has 0 saturated carbocycles. The zero-order valence-corrected chi connectivity index (χ0v) is 13.4. The third-order valence-corrected chi connectivity index (χ3v) is 4.77. The predicted molar refractivity (Wildman–Crippen MR) is 83.2 cm³/mol. The van der Waals surface area contributed by atoms with Crippen LogP contribution in [0.2, 0.25) is 0 Å². The van der Waals surface area contributed by atoms with Crippen LogP contribution < -0.4 is 5.32 Å². The number of benzene rings is 1. The van der Waals surface area contributed by atoms with Crippen molar-refractivity contribution < 1.29 is 14.3 Å². The average Bonchev–Trinajstić information content (AvgIpc) is 2.89. The van der Waals surface area contributed by atoms with Gasteiger partial charge in [0, 0.05) is 4.90 Å². The van der Waals surface area contributed by atoms with E-state index in [1.54, 1.807) is 11.8 Å². The molecule has 0 bridgehead atoms. The zero-order chi connectivity index (χ0) is 15.4. The van der Waals surface area contributed by atoms with Gasteiger partial charge < -0.3 is 10.1 Å². The SMILES string of the molecule is COC(=O)C(CC(C)C)NC(=O)C1Cc2ccccc2S1. The Kier molecular flexibility index (Phi) is 5.28. The predicted octanol–water partition coefficient (Wildman–Crippen LogP) is 2.41. The van der Waals surface area contributed by atoms with E-state index in [0.29, 0.717) is 18.8 Å². The Morgan fingerprint density at radius 1 is 1.38 bits per heavy atom. The number of ether oxygens (including phenoxy) is 1. The molecule has 114 valence electrons. The molecule has 0 spiro atoms. The largest absolute Gasteiger partial charge is 0.467 e. The number of amides is 1. The van der Waals surface area contributed by atoms with Gasteiger partial charge >= 0.3 is 5.97 Å². The van der Waals surface area contributed by atoms with Gasteiger partial charge in [0.15, 0.2) is 0 Å². The summed E-state index contributed by atoms with van der Waals surface area (Å²) < 4.78 is 4.78. The molecule has 2 rings (SSSR count). The Hall–Kier alpha value is -1.49. The minimum atomic E-state index is -0.563. The summed E-state index contributed by atoms with van der Waals surface area (Å²) in [5.41, 5.74) is 1.20. The van der Waals surface area contributed by atoms with Gasteiger partial charge in [-0.3, -0.25) is 4.79 Å². The van der Waals surface area contributed by atoms with Gasteiger partial charge in [0.05, 0.1) is 12.4 Å². The maximum Gasteiger partial charge on any atom is 0.328 e. The summed E-state index contributed by atoms with van der Waals surface area (Å²) in [4.78, 5) is 25.3. The lowest BCUT2D eigenvalue weighted by Gasteiger charge is -2.20. The average molecular weight is 307 g/mol. The van der Waals surface area contributed by atoms with Crippen molar-refractivity contribution in [3.63, 3.8) is 0 Å². The van der Waals surface area contributed by atoms with E-state index in [4.69, 9.17) is 4.74 Å². The molecule has 1 N–H and O–H groups in total. The fourth-order valence-corrected chi connectivity index (χ4v) is 3.63. The van der Waals surface area contributed by atoms with E-state index in [1.165, 1.54) is 12.7 Å². The summed E-state index contributed by atoms with van der Waals surface area (Å²) in [6.07, 6.45) is 1.30. The number of carbonyl (C=O) groups excluding carboxylic acids is 2. The van der Waals surface area contributed by atoms with Gasteiger partial charge in [0.1, 0.15) is 6.04 Å². The molecule has 0 saturated heterocycles. The summed E-state index contributed by atoms with van der Waals surface area (Å²) >= 11 is 1.56. The summed E-state index contributed by atoms with van der Waals surface area (Å²) in [6, 6.07) is 7.46. The van der Waals surface area contributed by atoms with Crippen LogP contribution in [0.5, 0.6) is 0 Å². The van der Waals surface area contributed by atoms with Gasteiger partial charge in [0.25, 0.3) is 0 Å². The van der Waals surface area contributed by atoms with Crippen molar-refractivity contribution in [2.75, 3.05) is 7.11 Å². The molecule has 1 heterocycles. The molecule has 0 radical (unpaired) electrons. The molecule has 5 heteroatoms. The van der Waals surface area contributed by atoms with Gasteiger partial charge in [-0.2, -0.15) is 0 Å². The first-order chi connectivity index (χ1) is 10.0. The highest BCUT2D eigenvalue weighted by Gasteiger charge is 2.31. The summed E-state index contributed by atoms with van der Waals surface area (Å²) in [6.45, 7) is 4.03. The van der Waals surface area contributed by atoms with E-state index < -0.39 is 6.04 Å². The highest BCUT2D eigenvalue weighted by Crippen LogP contribution is 2.36. The quantitative estimate of drug-likeness (QED) is 0.849. The van der Waals surface area contributed by atoms with Crippen LogP contribution in [0.25, 0.3) is 0 Å². The fourth-order valence-electron chi connectivity index (χ4n) is 2.42. The number of esters is 1. The minimum Gasteiger partial charge on any atom is -0.467 e. The second-order valence-electron chi connectivity index (χ2n) is 5.63. The van der Waals surface area contributed by atoms with Crippen LogP contribution in [0.1, 0.15) is 25.8 Å². The molecule has 2 atom stereocenters. The molecule has 1 aromatic rings. The summed E-state index contributed by atoms with van der Waals surface area (Å²) in [7, 11) is 1.35. The first-order valence-electron chi connectivity index (χ1n) is 7.14. The number of nitrogens with one attached hydrogen (secondary N) is 1. The highest BCUT2D eigenvalue weighted by molar-refractivity contribution is 8.01. The van der Waals surface area contributed by atoms with E-state index in [1.807, 2.05) is 38.1 Å². The van der Waals surface area contributed by atoms with E-state index in [9.17, 15) is 9.59 Å². The molecule has 0 fully saturated rings. The second kappa shape index (κ2) is 6.98. The van der Waals surface area contributed by atoms with Crippen LogP contribution in [-0.4, -0.2) is 30.3 Å². The maximum absolute atomic E-state index is 12.4. The van der Waals surface area contributed by atoms with Crippen molar-refractivity contribution in [1.29, 1.82) is 0 Å². The molecule has 1 aliphatic rings. The van der Waals surface area contributed by atoms with Crippen LogP contribution >= 0.6 is 11.8 Å². The first kappa shape index (κ1) is 15.9. The molecular formula is C16H21NO3S. The lowest BCUT2D eigenvalue weighted by molar-refractivity contribution is -0.145. The second-order valence-corrected chi connectivity index (χ2v) is 6.88. The van der Waals surface area contributed by atoms with Crippen molar-refractivity contribution in [3.05, 3.63) is 29.8 Å². The van der Waals surface area contributed by atoms with Crippen molar-refractivity contribution in [3.8, 4) is 0 Å². The molecule has 0 aromatic heterocycles. The number of thioether (sulfide) groups is 1. The zero-order valence-electron chi connectivity index (χ0n) is 12.6. The van der Waals surface area contributed by atoms with Gasteiger partial charge in [-0.15, -0.1) is 11.8 Å². The van der Waals surface area contributed by atoms with Gasteiger partial charge in [0.2, 0.25) is 5.91 Å². The monoisotopic (exact) mass is 307 g/mol. The number of rotatable bonds is 5. The van der Waals surface area contributed by atoms with E-state index >= 15 is 0 Å². The van der Waals surface area contributed by atoms with Crippen molar-refractivity contribution in [2.45, 2.75) is 42.9 Å². The van der Waals surface area contributed by atoms with E-state index in [0.717, 1.165) is 4.90 Å². The Balaban J connectivity index is 1.99. The number of hydrogen-bond acceptors (Lipinski definition) is 4. The van der Waals surface area contributed by atoms with Crippen LogP contribution in [0.15, 0.2) is 29.2 Å². The third kappa shape index (κ3) is 4.00. The fraction of sp³-hybridized carbons (Fsp3) is 0.500. The topological polar surface area (TPSA) is 55.4 Å². The lowest BCUT2D eigenvalue weighted by Crippen LogP contribution is -2.45. The molecule has 4 nitrogen and oxygen atoms in total. The van der Waals surface area contributed by atoms with Gasteiger partial charge in [-0.1, -0.05) is 32.0 Å². The lowest BCUT2D eigenvalue weighted by atomic mass is 10.0. The van der Waals surface area contributed by atoms with Crippen molar-refractivity contribution in [2.24, 2.45) is 5.92 Å². The van der Waals surface area contributed by atoms with E-state index in [2.05, 4.69) is 5.32 Å². The third-order valence-electron chi connectivity index (χ3n) is 3.45. The Labute approximate surface area is 129 Å². The number of fused-ring (bicyclic) bond motifs is 1. The van der Waals surface area contributed by atoms with Crippen LogP contribution in [0.3, 0.4) is 0 Å². The van der Waals surface area contributed by atoms with Crippen molar-refractivity contribution >= 4 is 23.6 Å². The van der Waals surface area contributed by atoms with Gasteiger partial charge in [-0.05, 0) is 30.4 Å². The standard InChI is InChI=1S/C16H21NO3S/c1-10(2)8-12(16(19)20-3)17-15(18)14-9-11-6-4-5-7-13(11)21-14/h4-7,10,12,14H,8-9H2,1-3H3,(H,17,18). The van der Waals surface area contributed by atoms with Gasteiger partial charge in [-0.25, -0.2) is 4.79 Å². The molecule has 1 aromatic carbocycles. The van der Waals surface area contributed by atoms with Crippen molar-refractivity contribution in [1.82, 2.24) is 5.32 Å². The normalized spacial score (nSPS) is 18.2. The molecule has 1 aliphatic heterocycles. The maximum atomic E-state index is 12.4. The Morgan fingerprint density at radius 2 is 2.10 bits per heavy atom. The summed E-state index contributed by atoms with van der Waals surface area (Å²) in [5, 5.41) is 2.68. The Bertz CT molecular complexity index is 505. The Morgan fingerprint density at radius 3 is 2.71 bits per heavy atom. The van der Waals surface area contributed by atoms with E-state index in [-0.39, 0.29) is 17.1 Å².